The number of benzene rings is 1. The lowest BCUT2D eigenvalue weighted by Crippen LogP contribution is -2.05. The smallest absolute Gasteiger partial charge is 0.350 e. The Labute approximate surface area is 176 Å². The summed E-state index contributed by atoms with van der Waals surface area (Å²) in [4.78, 5) is 21.7. The minimum atomic E-state index is -0.350. The number of aromatic nitrogens is 2. The van der Waals surface area contributed by atoms with Gasteiger partial charge in [-0.3, -0.25) is 4.98 Å². The van der Waals surface area contributed by atoms with Crippen LogP contribution in [0.25, 0.3) is 10.6 Å². The Hall–Kier alpha value is -3.03. The molecule has 0 bridgehead atoms. The van der Waals surface area contributed by atoms with Crippen molar-refractivity contribution in [3.63, 3.8) is 0 Å². The molecule has 0 atom stereocenters. The number of aryl methyl sites for hydroxylation is 1. The molecule has 5 nitrogen and oxygen atoms in total. The molecular formula is C22H18N2O3S2. The molecule has 0 fully saturated rings. The molecule has 1 aromatic carbocycles. The van der Waals surface area contributed by atoms with Gasteiger partial charge in [-0.05, 0) is 48.2 Å². The fraction of sp³-hybridized carbons (Fsp3) is 0.136. The summed E-state index contributed by atoms with van der Waals surface area (Å²) in [7, 11) is 0. The van der Waals surface area contributed by atoms with Crippen LogP contribution in [0.4, 0.5) is 0 Å². The molecule has 0 N–H and O–H groups in total. The SMILES string of the molecule is Cc1nc(-c2ccsc2)sc1C(=O)OCc1ccc(OCc2ccccn2)cc1. The van der Waals surface area contributed by atoms with Crippen LogP contribution < -0.4 is 4.74 Å². The van der Waals surface area contributed by atoms with Crippen molar-refractivity contribution in [1.29, 1.82) is 0 Å². The highest BCUT2D eigenvalue weighted by Gasteiger charge is 2.18. The first-order chi connectivity index (χ1) is 14.2. The third kappa shape index (κ3) is 4.88. The Bertz CT molecular complexity index is 1080. The predicted octanol–water partition coefficient (Wildman–Crippen LogP) is 5.51. The second-order valence-electron chi connectivity index (χ2n) is 6.28. The van der Waals surface area contributed by atoms with Crippen molar-refractivity contribution in [3.8, 4) is 16.3 Å². The molecule has 3 aromatic heterocycles. The molecule has 0 amide bonds. The Morgan fingerprint density at radius 2 is 1.93 bits per heavy atom. The quantitative estimate of drug-likeness (QED) is 0.368. The molecule has 0 spiro atoms. The number of thiophene rings is 1. The number of carbonyl (C=O) groups is 1. The van der Waals surface area contributed by atoms with Crippen LogP contribution in [0.2, 0.25) is 0 Å². The fourth-order valence-electron chi connectivity index (χ4n) is 2.63. The summed E-state index contributed by atoms with van der Waals surface area (Å²) < 4.78 is 11.2. The number of nitrogens with zero attached hydrogens (tertiary/aromatic N) is 2. The van der Waals surface area contributed by atoms with E-state index in [4.69, 9.17) is 9.47 Å². The van der Waals surface area contributed by atoms with Gasteiger partial charge in [0.05, 0.1) is 11.4 Å². The molecule has 0 saturated heterocycles. The zero-order chi connectivity index (χ0) is 20.1. The molecule has 0 aliphatic heterocycles. The largest absolute Gasteiger partial charge is 0.487 e. The van der Waals surface area contributed by atoms with Crippen LogP contribution in [0.1, 0.15) is 26.6 Å². The second kappa shape index (κ2) is 8.98. The monoisotopic (exact) mass is 422 g/mol. The van der Waals surface area contributed by atoms with E-state index in [0.717, 1.165) is 27.6 Å². The molecule has 7 heteroatoms. The van der Waals surface area contributed by atoms with Gasteiger partial charge >= 0.3 is 5.97 Å². The summed E-state index contributed by atoms with van der Waals surface area (Å²) in [6.45, 7) is 2.44. The zero-order valence-electron chi connectivity index (χ0n) is 15.7. The van der Waals surface area contributed by atoms with Crippen molar-refractivity contribution in [2.45, 2.75) is 20.1 Å². The zero-order valence-corrected chi connectivity index (χ0v) is 17.3. The average Bonchev–Trinajstić information content (AvgIpc) is 3.42. The summed E-state index contributed by atoms with van der Waals surface area (Å²) in [6.07, 6.45) is 1.74. The first kappa shape index (κ1) is 19.3. The van der Waals surface area contributed by atoms with Crippen molar-refractivity contribution in [3.05, 3.63) is 87.3 Å². The van der Waals surface area contributed by atoms with Gasteiger partial charge in [-0.15, -0.1) is 11.3 Å². The van der Waals surface area contributed by atoms with Gasteiger partial charge in [0.15, 0.2) is 0 Å². The molecule has 0 aliphatic rings. The lowest BCUT2D eigenvalue weighted by Gasteiger charge is -2.07. The molecule has 4 rings (SSSR count). The number of thiazole rings is 1. The van der Waals surface area contributed by atoms with Gasteiger partial charge in [0.25, 0.3) is 0 Å². The third-order valence-corrected chi connectivity index (χ3v) is 6.03. The average molecular weight is 423 g/mol. The van der Waals surface area contributed by atoms with Gasteiger partial charge in [0.1, 0.15) is 28.8 Å². The maximum absolute atomic E-state index is 12.5. The van der Waals surface area contributed by atoms with Crippen LogP contribution in [0.3, 0.4) is 0 Å². The van der Waals surface area contributed by atoms with E-state index in [-0.39, 0.29) is 12.6 Å². The lowest BCUT2D eigenvalue weighted by atomic mass is 10.2. The number of ether oxygens (including phenoxy) is 2. The van der Waals surface area contributed by atoms with Crippen LogP contribution in [-0.4, -0.2) is 15.9 Å². The van der Waals surface area contributed by atoms with Crippen LogP contribution in [0.15, 0.2) is 65.5 Å². The van der Waals surface area contributed by atoms with Crippen molar-refractivity contribution < 1.29 is 14.3 Å². The molecule has 29 heavy (non-hydrogen) atoms. The third-order valence-electron chi connectivity index (χ3n) is 4.16. The molecule has 0 saturated carbocycles. The Kier molecular flexibility index (Phi) is 5.97. The van der Waals surface area contributed by atoms with Gasteiger partial charge < -0.3 is 9.47 Å². The molecule has 0 aliphatic carbocycles. The fourth-order valence-corrected chi connectivity index (χ4v) is 4.30. The van der Waals surface area contributed by atoms with Crippen molar-refractivity contribution in [1.82, 2.24) is 9.97 Å². The van der Waals surface area contributed by atoms with E-state index in [1.54, 1.807) is 17.5 Å². The number of esters is 1. The van der Waals surface area contributed by atoms with Crippen LogP contribution in [0.5, 0.6) is 5.75 Å². The Morgan fingerprint density at radius 1 is 1.07 bits per heavy atom. The standard InChI is InChI=1S/C22H18N2O3S2/c1-15-20(29-21(24-15)17-9-11-28-14-17)22(25)27-12-16-5-7-19(8-6-16)26-13-18-4-2-3-10-23-18/h2-11,14H,12-13H2,1H3. The first-order valence-corrected chi connectivity index (χ1v) is 10.7. The van der Waals surface area contributed by atoms with E-state index >= 15 is 0 Å². The summed E-state index contributed by atoms with van der Waals surface area (Å²) in [6, 6.07) is 15.2. The summed E-state index contributed by atoms with van der Waals surface area (Å²) in [5.74, 6) is 0.390. The summed E-state index contributed by atoms with van der Waals surface area (Å²) >= 11 is 2.97. The van der Waals surface area contributed by atoms with Crippen molar-refractivity contribution in [2.75, 3.05) is 0 Å². The van der Waals surface area contributed by atoms with E-state index in [1.807, 2.05) is 66.2 Å². The first-order valence-electron chi connectivity index (χ1n) is 8.98. The van der Waals surface area contributed by atoms with Gasteiger partial charge in [0, 0.05) is 17.1 Å². The normalized spacial score (nSPS) is 10.7. The van der Waals surface area contributed by atoms with Gasteiger partial charge in [-0.1, -0.05) is 18.2 Å². The number of carbonyl (C=O) groups excluding carboxylic acids is 1. The van der Waals surface area contributed by atoms with Crippen LogP contribution in [-0.2, 0) is 18.0 Å². The van der Waals surface area contributed by atoms with E-state index in [1.165, 1.54) is 11.3 Å². The number of pyridine rings is 1. The molecule has 0 radical (unpaired) electrons. The number of rotatable bonds is 7. The van der Waals surface area contributed by atoms with Crippen LogP contribution >= 0.6 is 22.7 Å². The number of hydrogen-bond acceptors (Lipinski definition) is 7. The number of hydrogen-bond donors (Lipinski definition) is 0. The van der Waals surface area contributed by atoms with Crippen LogP contribution in [0, 0.1) is 6.92 Å². The Balaban J connectivity index is 1.32. The maximum atomic E-state index is 12.5. The van der Waals surface area contributed by atoms with Gasteiger partial charge in [-0.2, -0.15) is 11.3 Å². The van der Waals surface area contributed by atoms with Crippen molar-refractivity contribution in [2.24, 2.45) is 0 Å². The maximum Gasteiger partial charge on any atom is 0.350 e. The van der Waals surface area contributed by atoms with Crippen molar-refractivity contribution >= 4 is 28.6 Å². The Morgan fingerprint density at radius 3 is 2.66 bits per heavy atom. The van der Waals surface area contributed by atoms with Gasteiger partial charge in [0.2, 0.25) is 0 Å². The summed E-state index contributed by atoms with van der Waals surface area (Å²) in [5.41, 5.74) is 3.49. The van der Waals surface area contributed by atoms with Gasteiger partial charge in [-0.25, -0.2) is 9.78 Å². The highest BCUT2D eigenvalue weighted by molar-refractivity contribution is 7.17. The highest BCUT2D eigenvalue weighted by Crippen LogP contribution is 2.30. The van der Waals surface area contributed by atoms with E-state index < -0.39 is 0 Å². The minimum absolute atomic E-state index is 0.199. The topological polar surface area (TPSA) is 61.3 Å². The highest BCUT2D eigenvalue weighted by atomic mass is 32.1. The predicted molar refractivity (Wildman–Crippen MR) is 114 cm³/mol. The molecule has 4 aromatic rings. The van der Waals surface area contributed by atoms with E-state index in [0.29, 0.717) is 17.2 Å². The molecule has 146 valence electrons. The van der Waals surface area contributed by atoms with E-state index in [9.17, 15) is 4.79 Å². The molecule has 0 unspecified atom stereocenters. The second-order valence-corrected chi connectivity index (χ2v) is 8.05. The van der Waals surface area contributed by atoms with E-state index in [2.05, 4.69) is 9.97 Å². The lowest BCUT2D eigenvalue weighted by molar-refractivity contribution is 0.0477. The minimum Gasteiger partial charge on any atom is -0.487 e. The summed E-state index contributed by atoms with van der Waals surface area (Å²) in [5, 5.41) is 4.85. The molecule has 3 heterocycles. The molecular weight excluding hydrogens is 404 g/mol.